The van der Waals surface area contributed by atoms with E-state index in [1.54, 1.807) is 30.3 Å². The molecule has 7 heteroatoms. The second kappa shape index (κ2) is 6.95. The highest BCUT2D eigenvalue weighted by Crippen LogP contribution is 2.26. The van der Waals surface area contributed by atoms with E-state index in [0.29, 0.717) is 17.7 Å². The van der Waals surface area contributed by atoms with E-state index >= 15 is 0 Å². The minimum atomic E-state index is -3.82. The van der Waals surface area contributed by atoms with Gasteiger partial charge in [0.2, 0.25) is 0 Å². The maximum Gasteiger partial charge on any atom is 0.296 e. The van der Waals surface area contributed by atoms with Gasteiger partial charge in [-0.3, -0.25) is 8.98 Å². The summed E-state index contributed by atoms with van der Waals surface area (Å²) in [5, 5.41) is 9.57. The van der Waals surface area contributed by atoms with Crippen LogP contribution in [0.2, 0.25) is 0 Å². The number of aryl methyl sites for hydroxylation is 1. The molecule has 1 N–H and O–H groups in total. The Kier molecular flexibility index (Phi) is 4.89. The summed E-state index contributed by atoms with van der Waals surface area (Å²) in [5.41, 5.74) is 1.99. The zero-order chi connectivity index (χ0) is 18.0. The normalized spacial score (nSPS) is 17.0. The second-order valence-corrected chi connectivity index (χ2v) is 7.48. The number of carbonyl (C=O) groups is 1. The maximum absolute atomic E-state index is 12.1. The molecule has 0 spiro atoms. The molecular weight excluding hydrogens is 344 g/mol. The van der Waals surface area contributed by atoms with Crippen molar-refractivity contribution >= 4 is 15.9 Å². The summed E-state index contributed by atoms with van der Waals surface area (Å²) in [4.78, 5) is 12.1. The number of aliphatic hydroxyl groups is 1. The van der Waals surface area contributed by atoms with Crippen molar-refractivity contribution in [1.82, 2.24) is 0 Å². The molecule has 0 aliphatic carbocycles. The van der Waals surface area contributed by atoms with Gasteiger partial charge >= 0.3 is 0 Å². The van der Waals surface area contributed by atoms with Crippen molar-refractivity contribution in [3.63, 3.8) is 0 Å². The molecular formula is C18H18O6S. The van der Waals surface area contributed by atoms with E-state index in [1.165, 1.54) is 12.1 Å². The minimum Gasteiger partial charge on any atom is -0.490 e. The van der Waals surface area contributed by atoms with Gasteiger partial charge in [0.15, 0.2) is 11.9 Å². The Morgan fingerprint density at radius 1 is 1.20 bits per heavy atom. The fourth-order valence-electron chi connectivity index (χ4n) is 2.52. The highest BCUT2D eigenvalue weighted by atomic mass is 32.2. The van der Waals surface area contributed by atoms with Gasteiger partial charge in [-0.25, -0.2) is 0 Å². The van der Waals surface area contributed by atoms with Crippen molar-refractivity contribution < 1.29 is 27.2 Å². The summed E-state index contributed by atoms with van der Waals surface area (Å²) in [7, 11) is -3.82. The number of hydrogen-bond donors (Lipinski definition) is 1. The topological polar surface area (TPSA) is 89.9 Å². The molecule has 0 bridgehead atoms. The largest absolute Gasteiger partial charge is 0.490 e. The Morgan fingerprint density at radius 2 is 1.92 bits per heavy atom. The number of Topliss-reactive ketones (excluding diaryl/α,β-unsaturated/α-hetero) is 1. The molecule has 2 aromatic rings. The molecule has 3 rings (SSSR count). The van der Waals surface area contributed by atoms with Gasteiger partial charge in [-0.05, 0) is 43.2 Å². The summed E-state index contributed by atoms with van der Waals surface area (Å²) < 4.78 is 34.6. The zero-order valence-electron chi connectivity index (χ0n) is 13.6. The van der Waals surface area contributed by atoms with E-state index in [-0.39, 0.29) is 18.1 Å². The Balaban J connectivity index is 1.66. The Hall–Kier alpha value is -2.22. The lowest BCUT2D eigenvalue weighted by Gasteiger charge is -2.21. The molecule has 0 aromatic heterocycles. The third-order valence-corrected chi connectivity index (χ3v) is 5.27. The van der Waals surface area contributed by atoms with E-state index in [1.807, 2.05) is 6.92 Å². The molecule has 0 saturated carbocycles. The fraction of sp³-hybridized carbons (Fsp3) is 0.278. The minimum absolute atomic E-state index is 0.0490. The van der Waals surface area contributed by atoms with Gasteiger partial charge in [-0.2, -0.15) is 8.42 Å². The lowest BCUT2D eigenvalue weighted by Crippen LogP contribution is -2.32. The molecule has 132 valence electrons. The molecule has 2 aromatic carbocycles. The van der Waals surface area contributed by atoms with Crippen LogP contribution in [0.4, 0.5) is 0 Å². The number of fused-ring (bicyclic) bond motifs is 1. The molecule has 0 radical (unpaired) electrons. The third-order valence-electron chi connectivity index (χ3n) is 3.95. The zero-order valence-corrected chi connectivity index (χ0v) is 14.5. The Labute approximate surface area is 146 Å². The number of carbonyl (C=O) groups excluding carboxylic acids is 1. The van der Waals surface area contributed by atoms with Crippen LogP contribution in [0.15, 0.2) is 47.4 Å². The number of hydrogen-bond acceptors (Lipinski definition) is 6. The van der Waals surface area contributed by atoms with Crippen LogP contribution in [0.3, 0.4) is 0 Å². The van der Waals surface area contributed by atoms with Crippen molar-refractivity contribution in [1.29, 1.82) is 0 Å². The summed E-state index contributed by atoms with van der Waals surface area (Å²) in [6, 6.07) is 11.4. The number of aliphatic hydroxyl groups excluding tert-OH is 1. The van der Waals surface area contributed by atoms with Gasteiger partial charge in [0.1, 0.15) is 12.4 Å². The molecule has 0 fully saturated rings. The van der Waals surface area contributed by atoms with Gasteiger partial charge in [0, 0.05) is 0 Å². The van der Waals surface area contributed by atoms with E-state index in [9.17, 15) is 18.3 Å². The smallest absolute Gasteiger partial charge is 0.296 e. The Bertz CT molecular complexity index is 886. The third kappa shape index (κ3) is 3.89. The van der Waals surface area contributed by atoms with Crippen LogP contribution in [0.25, 0.3) is 0 Å². The first-order chi connectivity index (χ1) is 11.9. The van der Waals surface area contributed by atoms with Crippen molar-refractivity contribution in [3.05, 3.63) is 59.2 Å². The highest BCUT2D eigenvalue weighted by molar-refractivity contribution is 7.86. The summed E-state index contributed by atoms with van der Waals surface area (Å²) in [5.74, 6) is 0.0311. The average Bonchev–Trinajstić information content (AvgIpc) is 2.59. The van der Waals surface area contributed by atoms with Gasteiger partial charge in [0.25, 0.3) is 10.1 Å². The molecule has 6 nitrogen and oxygen atoms in total. The van der Waals surface area contributed by atoms with Crippen molar-refractivity contribution in [2.24, 2.45) is 0 Å². The SMILES string of the molecule is Cc1ccc(S(=O)(=O)OCCc2ccc3c(c2)C(=O)C(O)CO3)cc1. The number of ketones is 1. The van der Waals surface area contributed by atoms with Crippen molar-refractivity contribution in [3.8, 4) is 5.75 Å². The van der Waals surface area contributed by atoms with Crippen LogP contribution < -0.4 is 4.74 Å². The molecule has 1 unspecified atom stereocenters. The lowest BCUT2D eigenvalue weighted by atomic mass is 9.99. The molecule has 0 amide bonds. The van der Waals surface area contributed by atoms with E-state index in [0.717, 1.165) is 11.1 Å². The van der Waals surface area contributed by atoms with Crippen LogP contribution in [-0.2, 0) is 20.7 Å². The Morgan fingerprint density at radius 3 is 2.64 bits per heavy atom. The van der Waals surface area contributed by atoms with Crippen LogP contribution >= 0.6 is 0 Å². The maximum atomic E-state index is 12.1. The number of rotatable bonds is 5. The monoisotopic (exact) mass is 362 g/mol. The summed E-state index contributed by atoms with van der Waals surface area (Å²) in [6.07, 6.45) is -0.859. The van der Waals surface area contributed by atoms with E-state index in [4.69, 9.17) is 8.92 Å². The van der Waals surface area contributed by atoms with Crippen LogP contribution in [-0.4, -0.2) is 38.6 Å². The van der Waals surface area contributed by atoms with Crippen LogP contribution in [0.1, 0.15) is 21.5 Å². The summed E-state index contributed by atoms with van der Waals surface area (Å²) >= 11 is 0. The van der Waals surface area contributed by atoms with E-state index in [2.05, 4.69) is 0 Å². The fourth-order valence-corrected chi connectivity index (χ4v) is 3.43. The van der Waals surface area contributed by atoms with Crippen LogP contribution in [0, 0.1) is 6.92 Å². The van der Waals surface area contributed by atoms with Crippen LogP contribution in [0.5, 0.6) is 5.75 Å². The average molecular weight is 362 g/mol. The van der Waals surface area contributed by atoms with Gasteiger partial charge in [-0.15, -0.1) is 0 Å². The number of ether oxygens (including phenoxy) is 1. The standard InChI is InChI=1S/C18H18O6S/c1-12-2-5-14(6-3-12)25(21,22)24-9-8-13-4-7-17-15(10-13)18(20)16(19)11-23-17/h2-7,10,16,19H,8-9,11H2,1H3. The van der Waals surface area contributed by atoms with Gasteiger partial charge < -0.3 is 9.84 Å². The van der Waals surface area contributed by atoms with Gasteiger partial charge in [0.05, 0.1) is 17.1 Å². The van der Waals surface area contributed by atoms with Gasteiger partial charge in [-0.1, -0.05) is 23.8 Å². The second-order valence-electron chi connectivity index (χ2n) is 5.86. The predicted molar refractivity (Wildman–Crippen MR) is 90.3 cm³/mol. The highest BCUT2D eigenvalue weighted by Gasteiger charge is 2.27. The van der Waals surface area contributed by atoms with Crippen molar-refractivity contribution in [2.45, 2.75) is 24.3 Å². The number of benzene rings is 2. The molecule has 1 aliphatic heterocycles. The summed E-state index contributed by atoms with van der Waals surface area (Å²) in [6.45, 7) is 1.77. The first kappa shape index (κ1) is 17.6. The molecule has 0 saturated heterocycles. The molecule has 1 heterocycles. The first-order valence-electron chi connectivity index (χ1n) is 7.81. The molecule has 1 atom stereocenters. The van der Waals surface area contributed by atoms with E-state index < -0.39 is 22.0 Å². The molecule has 1 aliphatic rings. The quantitative estimate of drug-likeness (QED) is 0.817. The lowest BCUT2D eigenvalue weighted by molar-refractivity contribution is 0.0558. The molecule has 25 heavy (non-hydrogen) atoms. The predicted octanol–water partition coefficient (Wildman–Crippen LogP) is 1.88. The van der Waals surface area contributed by atoms with Crippen molar-refractivity contribution in [2.75, 3.05) is 13.2 Å². The first-order valence-corrected chi connectivity index (χ1v) is 9.22.